The molecule has 0 fully saturated rings. The van der Waals surface area contributed by atoms with Crippen LogP contribution >= 0.6 is 15.6 Å². The van der Waals surface area contributed by atoms with Gasteiger partial charge in [-0.3, -0.25) is 37.3 Å². The molecule has 96 heavy (non-hydrogen) atoms. The van der Waals surface area contributed by atoms with Crippen LogP contribution in [0.15, 0.2) is 60.8 Å². The summed E-state index contributed by atoms with van der Waals surface area (Å²) in [6.07, 6.45) is 67.7. The normalized spacial score (nSPS) is 14.3. The number of carbonyl (C=O) groups excluding carboxylic acids is 4. The third-order valence-corrected chi connectivity index (χ3v) is 18.4. The minimum absolute atomic E-state index is 0.0836. The topological polar surface area (TPSA) is 237 Å². The van der Waals surface area contributed by atoms with Gasteiger partial charge in [-0.15, -0.1) is 0 Å². The molecule has 19 heteroatoms. The highest BCUT2D eigenvalue weighted by Gasteiger charge is 2.30. The second-order valence-corrected chi connectivity index (χ2v) is 28.9. The van der Waals surface area contributed by atoms with Gasteiger partial charge in [0.05, 0.1) is 26.4 Å². The van der Waals surface area contributed by atoms with Gasteiger partial charge in [-0.05, 0) is 109 Å². The molecule has 0 heterocycles. The molecule has 2 unspecified atom stereocenters. The molecule has 0 aromatic heterocycles. The standard InChI is InChI=1S/C77H140O17P2/c1-5-9-13-17-21-25-29-33-35-39-42-46-50-54-58-62-75(80)88-68-72(93-76(81)63-59-55-51-47-43-38-32-28-24-20-16-12-8-4)69-91-95(83,84)89-65-71(78)66-90-96(85,86)92-70-73(67-87-74(79)61-57-53-49-45-41-37-31-27-23-19-15-11-7-3)94-77(82)64-60-56-52-48-44-40-36-34-30-26-22-18-14-10-6-2/h22,25-26,28-29,32-36,71-73,78H,5-21,23-24,27,30-31,37-70H2,1-4H3,(H,83,84)(H,85,86)/b26-22-,29-25-,32-28-,35-33-,36-34-/t71-,72+,73+/m0/s1. The van der Waals surface area contributed by atoms with E-state index in [2.05, 4.69) is 88.5 Å². The van der Waals surface area contributed by atoms with Crippen LogP contribution in [0.5, 0.6) is 0 Å². The van der Waals surface area contributed by atoms with Crippen LogP contribution in [0.25, 0.3) is 0 Å². The Morgan fingerprint density at radius 1 is 0.302 bits per heavy atom. The number of hydrogen-bond acceptors (Lipinski definition) is 15. The van der Waals surface area contributed by atoms with Crippen molar-refractivity contribution in [1.82, 2.24) is 0 Å². The van der Waals surface area contributed by atoms with Crippen molar-refractivity contribution in [2.75, 3.05) is 39.6 Å². The zero-order valence-corrected chi connectivity index (χ0v) is 62.8. The van der Waals surface area contributed by atoms with Gasteiger partial charge >= 0.3 is 39.5 Å². The Hall–Kier alpha value is -3.24. The Labute approximate surface area is 584 Å². The molecule has 0 saturated carbocycles. The Morgan fingerprint density at radius 2 is 0.542 bits per heavy atom. The highest BCUT2D eigenvalue weighted by atomic mass is 31.2. The van der Waals surface area contributed by atoms with Crippen molar-refractivity contribution in [3.8, 4) is 0 Å². The van der Waals surface area contributed by atoms with E-state index < -0.39 is 97.5 Å². The fourth-order valence-electron chi connectivity index (χ4n) is 10.5. The Balaban J connectivity index is 5.34. The van der Waals surface area contributed by atoms with E-state index in [1.807, 2.05) is 0 Å². The smallest absolute Gasteiger partial charge is 0.462 e. The number of phosphoric acid groups is 2. The van der Waals surface area contributed by atoms with Crippen molar-refractivity contribution in [2.45, 2.75) is 367 Å². The van der Waals surface area contributed by atoms with E-state index in [1.54, 1.807) is 0 Å². The number of aliphatic hydroxyl groups is 1. The van der Waals surface area contributed by atoms with Crippen molar-refractivity contribution in [2.24, 2.45) is 0 Å². The molecule has 0 aromatic carbocycles. The van der Waals surface area contributed by atoms with Crippen LogP contribution in [0, 0.1) is 0 Å². The number of phosphoric ester groups is 2. The van der Waals surface area contributed by atoms with Crippen molar-refractivity contribution < 1.29 is 80.2 Å². The van der Waals surface area contributed by atoms with Crippen LogP contribution in [-0.2, 0) is 65.4 Å². The molecule has 0 saturated heterocycles. The number of allylic oxidation sites excluding steroid dienone is 10. The largest absolute Gasteiger partial charge is 0.472 e. The summed E-state index contributed by atoms with van der Waals surface area (Å²) < 4.78 is 68.4. The van der Waals surface area contributed by atoms with E-state index in [0.717, 1.165) is 141 Å². The van der Waals surface area contributed by atoms with Gasteiger partial charge in [0, 0.05) is 25.7 Å². The van der Waals surface area contributed by atoms with Gasteiger partial charge in [-0.25, -0.2) is 9.13 Å². The molecule has 560 valence electrons. The molecule has 5 atom stereocenters. The molecule has 0 bridgehead atoms. The highest BCUT2D eigenvalue weighted by Crippen LogP contribution is 2.45. The van der Waals surface area contributed by atoms with Gasteiger partial charge in [0.2, 0.25) is 0 Å². The summed E-state index contributed by atoms with van der Waals surface area (Å²) in [5.41, 5.74) is 0. The SMILES string of the molecule is CCCCC/C=C\C/C=C\CCCCCCCC(=O)O[C@H](COC(=O)CCCCCCCCCCCCCCC)COP(=O)(O)OC[C@@H](O)COP(=O)(O)OC[C@@H](COC(=O)CCCCCCC/C=C\C=C/CCCCCC)OC(=O)CCCCCCC/C=C\CCCCCC. The number of aliphatic hydroxyl groups excluding tert-OH is 1. The lowest BCUT2D eigenvalue weighted by Crippen LogP contribution is -2.30. The van der Waals surface area contributed by atoms with Crippen LogP contribution in [0.3, 0.4) is 0 Å². The molecule has 0 aliphatic carbocycles. The lowest BCUT2D eigenvalue weighted by Gasteiger charge is -2.21. The minimum atomic E-state index is -4.97. The summed E-state index contributed by atoms with van der Waals surface area (Å²) in [4.78, 5) is 72.8. The van der Waals surface area contributed by atoms with Crippen molar-refractivity contribution in [3.63, 3.8) is 0 Å². The summed E-state index contributed by atoms with van der Waals surface area (Å²) in [7, 11) is -9.94. The number of esters is 4. The minimum Gasteiger partial charge on any atom is -0.462 e. The van der Waals surface area contributed by atoms with Crippen LogP contribution in [0.2, 0.25) is 0 Å². The second kappa shape index (κ2) is 70.2. The van der Waals surface area contributed by atoms with E-state index in [4.69, 9.17) is 37.0 Å². The maximum absolute atomic E-state index is 13.1. The first-order valence-electron chi connectivity index (χ1n) is 38.5. The first kappa shape index (κ1) is 92.8. The van der Waals surface area contributed by atoms with E-state index in [1.165, 1.54) is 128 Å². The molecule has 0 aliphatic heterocycles. The van der Waals surface area contributed by atoms with Crippen molar-refractivity contribution in [1.29, 1.82) is 0 Å². The van der Waals surface area contributed by atoms with Crippen LogP contribution < -0.4 is 0 Å². The fourth-order valence-corrected chi connectivity index (χ4v) is 12.1. The van der Waals surface area contributed by atoms with Crippen LogP contribution in [-0.4, -0.2) is 96.7 Å². The fraction of sp³-hybridized carbons (Fsp3) is 0.818. The van der Waals surface area contributed by atoms with Gasteiger partial charge in [0.1, 0.15) is 19.3 Å². The van der Waals surface area contributed by atoms with E-state index in [0.29, 0.717) is 25.7 Å². The van der Waals surface area contributed by atoms with Gasteiger partial charge < -0.3 is 33.8 Å². The van der Waals surface area contributed by atoms with Crippen LogP contribution in [0.1, 0.15) is 349 Å². The van der Waals surface area contributed by atoms with Gasteiger partial charge in [0.15, 0.2) is 12.2 Å². The molecule has 0 amide bonds. The average molecular weight is 1400 g/mol. The molecule has 0 aromatic rings. The zero-order chi connectivity index (χ0) is 70.4. The summed E-state index contributed by atoms with van der Waals surface area (Å²) in [5.74, 6) is -2.19. The third-order valence-electron chi connectivity index (χ3n) is 16.5. The molecule has 17 nitrogen and oxygen atoms in total. The van der Waals surface area contributed by atoms with Crippen LogP contribution in [0.4, 0.5) is 0 Å². The number of ether oxygens (including phenoxy) is 4. The monoisotopic (exact) mass is 1400 g/mol. The molecule has 0 spiro atoms. The molecule has 3 N–H and O–H groups in total. The maximum atomic E-state index is 13.1. The average Bonchev–Trinajstić information content (AvgIpc) is 1.29. The first-order chi connectivity index (χ1) is 46.7. The number of carbonyl (C=O) groups is 4. The Bertz CT molecular complexity index is 2060. The maximum Gasteiger partial charge on any atom is 0.472 e. The van der Waals surface area contributed by atoms with Crippen molar-refractivity contribution in [3.05, 3.63) is 60.8 Å². The molecule has 0 aliphatic rings. The number of hydrogen-bond donors (Lipinski definition) is 3. The molecular formula is C77H140O17P2. The summed E-state index contributed by atoms with van der Waals surface area (Å²) in [6, 6.07) is 0. The van der Waals surface area contributed by atoms with E-state index in [9.17, 15) is 43.2 Å². The number of unbranched alkanes of at least 4 members (excludes halogenated alkanes) is 38. The van der Waals surface area contributed by atoms with Crippen molar-refractivity contribution >= 4 is 39.5 Å². The number of rotatable bonds is 73. The predicted molar refractivity (Wildman–Crippen MR) is 390 cm³/mol. The van der Waals surface area contributed by atoms with E-state index in [-0.39, 0.29) is 25.7 Å². The predicted octanol–water partition coefficient (Wildman–Crippen LogP) is 21.9. The summed E-state index contributed by atoms with van der Waals surface area (Å²) in [5, 5.41) is 10.6. The Morgan fingerprint density at radius 3 is 0.875 bits per heavy atom. The summed E-state index contributed by atoms with van der Waals surface area (Å²) >= 11 is 0. The quantitative estimate of drug-likeness (QED) is 0.0128. The molecule has 0 radical (unpaired) electrons. The molecular weight excluding hydrogens is 1260 g/mol. The van der Waals surface area contributed by atoms with E-state index >= 15 is 0 Å². The first-order valence-corrected chi connectivity index (χ1v) is 41.5. The summed E-state index contributed by atoms with van der Waals surface area (Å²) in [6.45, 7) is 4.82. The Kier molecular flexibility index (Phi) is 67.8. The van der Waals surface area contributed by atoms with Gasteiger partial charge in [-0.2, -0.15) is 0 Å². The lowest BCUT2D eigenvalue weighted by atomic mass is 10.0. The zero-order valence-electron chi connectivity index (χ0n) is 61.1. The second-order valence-electron chi connectivity index (χ2n) is 26.0. The van der Waals surface area contributed by atoms with Gasteiger partial charge in [0.25, 0.3) is 0 Å². The lowest BCUT2D eigenvalue weighted by molar-refractivity contribution is -0.161. The molecule has 0 rings (SSSR count). The van der Waals surface area contributed by atoms with Gasteiger partial charge in [-0.1, -0.05) is 275 Å². The third kappa shape index (κ3) is 69.2. The highest BCUT2D eigenvalue weighted by molar-refractivity contribution is 7.47.